The highest BCUT2D eigenvalue weighted by Gasteiger charge is 2.58. The standard InChI is InChI=1S/C22H35N5O2.HI/c1-15-6-11-26(12-7-15)13-9-25-22(23-2)24-8-3-10-27-20(28)18-16-4-5-17(14-16)19(18)21(27)29;/h4-5,15-19H,3,6-14H2,1-2H3,(H2,23,24,25);1H. The number of likely N-dealkylation sites (tertiary alicyclic amines) is 2. The Bertz CT molecular complexity index is 659. The third kappa shape index (κ3) is 4.84. The molecule has 30 heavy (non-hydrogen) atoms. The number of allylic oxidation sites excluding steroid dienone is 2. The van der Waals surface area contributed by atoms with E-state index in [0.29, 0.717) is 13.1 Å². The molecule has 3 fully saturated rings. The molecule has 2 N–H and O–H groups in total. The first-order chi connectivity index (χ1) is 14.1. The Balaban J connectivity index is 0.00000256. The monoisotopic (exact) mass is 529 g/mol. The summed E-state index contributed by atoms with van der Waals surface area (Å²) < 4.78 is 0. The van der Waals surface area contributed by atoms with Gasteiger partial charge in [0.1, 0.15) is 0 Å². The van der Waals surface area contributed by atoms with Gasteiger partial charge in [-0.3, -0.25) is 19.5 Å². The largest absolute Gasteiger partial charge is 0.356 e. The lowest BCUT2D eigenvalue weighted by molar-refractivity contribution is -0.140. The molecule has 2 saturated heterocycles. The van der Waals surface area contributed by atoms with Crippen LogP contribution in [0.4, 0.5) is 0 Å². The molecular weight excluding hydrogens is 493 g/mol. The molecule has 1 saturated carbocycles. The summed E-state index contributed by atoms with van der Waals surface area (Å²) in [7, 11) is 1.77. The van der Waals surface area contributed by atoms with Crippen LogP contribution in [0.15, 0.2) is 17.1 Å². The highest BCUT2D eigenvalue weighted by Crippen LogP contribution is 2.52. The third-order valence-electron chi connectivity index (χ3n) is 7.23. The second-order valence-corrected chi connectivity index (χ2v) is 9.13. The van der Waals surface area contributed by atoms with E-state index in [4.69, 9.17) is 0 Å². The first kappa shape index (κ1) is 23.5. The topological polar surface area (TPSA) is 77.0 Å². The van der Waals surface area contributed by atoms with Crippen molar-refractivity contribution in [2.24, 2.45) is 34.6 Å². The van der Waals surface area contributed by atoms with Crippen molar-refractivity contribution in [3.8, 4) is 0 Å². The van der Waals surface area contributed by atoms with Gasteiger partial charge in [0.05, 0.1) is 11.8 Å². The van der Waals surface area contributed by atoms with Crippen LogP contribution in [0.3, 0.4) is 0 Å². The molecule has 0 aromatic carbocycles. The molecule has 2 amide bonds. The number of amides is 2. The first-order valence-electron chi connectivity index (χ1n) is 11.3. The maximum atomic E-state index is 12.7. The molecule has 168 valence electrons. The van der Waals surface area contributed by atoms with Crippen LogP contribution in [-0.2, 0) is 9.59 Å². The van der Waals surface area contributed by atoms with E-state index in [9.17, 15) is 9.59 Å². The van der Waals surface area contributed by atoms with Crippen molar-refractivity contribution in [3.05, 3.63) is 12.2 Å². The van der Waals surface area contributed by atoms with E-state index < -0.39 is 0 Å². The fourth-order valence-corrected chi connectivity index (χ4v) is 5.47. The molecule has 4 unspecified atom stereocenters. The molecule has 0 spiro atoms. The van der Waals surface area contributed by atoms with Gasteiger partial charge in [0.15, 0.2) is 5.96 Å². The maximum absolute atomic E-state index is 12.7. The summed E-state index contributed by atoms with van der Waals surface area (Å²) in [5.41, 5.74) is 0. The average Bonchev–Trinajstić information content (AvgIpc) is 3.40. The highest BCUT2D eigenvalue weighted by molar-refractivity contribution is 14.0. The molecule has 7 nitrogen and oxygen atoms in total. The van der Waals surface area contributed by atoms with Gasteiger partial charge in [-0.2, -0.15) is 0 Å². The molecule has 8 heteroatoms. The number of aliphatic imine (C=N–C) groups is 1. The number of guanidine groups is 1. The Morgan fingerprint density at radius 1 is 1.03 bits per heavy atom. The number of nitrogens with zero attached hydrogens (tertiary/aromatic N) is 3. The van der Waals surface area contributed by atoms with E-state index in [-0.39, 0.29) is 59.5 Å². The van der Waals surface area contributed by atoms with Crippen LogP contribution in [0.25, 0.3) is 0 Å². The second-order valence-electron chi connectivity index (χ2n) is 9.13. The summed E-state index contributed by atoms with van der Waals surface area (Å²) in [6.07, 6.45) is 8.59. The minimum absolute atomic E-state index is 0. The van der Waals surface area contributed by atoms with Gasteiger partial charge in [-0.1, -0.05) is 19.1 Å². The molecule has 0 aromatic heterocycles. The van der Waals surface area contributed by atoms with Gasteiger partial charge in [-0.05, 0) is 56.5 Å². The number of piperidine rings is 1. The molecule has 4 rings (SSSR count). The number of fused-ring (bicyclic) bond motifs is 5. The number of rotatable bonds is 7. The number of imide groups is 1. The number of carbonyl (C=O) groups is 2. The summed E-state index contributed by atoms with van der Waals surface area (Å²) in [6.45, 7) is 7.80. The minimum Gasteiger partial charge on any atom is -0.356 e. The maximum Gasteiger partial charge on any atom is 0.233 e. The van der Waals surface area contributed by atoms with Crippen LogP contribution < -0.4 is 10.6 Å². The van der Waals surface area contributed by atoms with Crippen molar-refractivity contribution >= 4 is 41.8 Å². The predicted molar refractivity (Wildman–Crippen MR) is 129 cm³/mol. The van der Waals surface area contributed by atoms with Crippen molar-refractivity contribution in [1.29, 1.82) is 0 Å². The van der Waals surface area contributed by atoms with Crippen molar-refractivity contribution in [2.75, 3.05) is 46.3 Å². The Kier molecular flexibility index (Phi) is 8.17. The molecule has 0 radical (unpaired) electrons. The van der Waals surface area contributed by atoms with Gasteiger partial charge in [0.25, 0.3) is 0 Å². The molecule has 2 aliphatic carbocycles. The van der Waals surface area contributed by atoms with E-state index in [2.05, 4.69) is 39.6 Å². The van der Waals surface area contributed by atoms with Gasteiger partial charge >= 0.3 is 0 Å². The second kappa shape index (κ2) is 10.4. The van der Waals surface area contributed by atoms with Crippen molar-refractivity contribution in [2.45, 2.75) is 32.6 Å². The Morgan fingerprint density at radius 2 is 1.63 bits per heavy atom. The third-order valence-corrected chi connectivity index (χ3v) is 7.23. The van der Waals surface area contributed by atoms with E-state index in [1.165, 1.54) is 30.8 Å². The zero-order valence-corrected chi connectivity index (χ0v) is 20.5. The Hall–Kier alpha value is -1.16. The lowest BCUT2D eigenvalue weighted by Crippen LogP contribution is -2.44. The number of hydrogen-bond acceptors (Lipinski definition) is 4. The number of hydrogen-bond donors (Lipinski definition) is 2. The smallest absolute Gasteiger partial charge is 0.233 e. The molecule has 2 aliphatic heterocycles. The lowest BCUT2D eigenvalue weighted by atomic mass is 9.85. The molecular formula is C22H36IN5O2. The summed E-state index contributed by atoms with van der Waals surface area (Å²) in [6, 6.07) is 0. The van der Waals surface area contributed by atoms with Crippen LogP contribution in [0, 0.1) is 29.6 Å². The van der Waals surface area contributed by atoms with Crippen molar-refractivity contribution in [3.63, 3.8) is 0 Å². The fraction of sp³-hybridized carbons (Fsp3) is 0.773. The van der Waals surface area contributed by atoms with Crippen LogP contribution in [-0.4, -0.2) is 73.9 Å². The Morgan fingerprint density at radius 3 is 2.23 bits per heavy atom. The summed E-state index contributed by atoms with van der Waals surface area (Å²) in [5.74, 6) is 2.15. The molecule has 4 atom stereocenters. The van der Waals surface area contributed by atoms with Gasteiger partial charge in [-0.25, -0.2) is 0 Å². The summed E-state index contributed by atoms with van der Waals surface area (Å²) in [5, 5.41) is 6.67. The highest BCUT2D eigenvalue weighted by atomic mass is 127. The normalized spacial score (nSPS) is 31.3. The molecule has 0 aromatic rings. The summed E-state index contributed by atoms with van der Waals surface area (Å²) >= 11 is 0. The molecule has 2 heterocycles. The summed E-state index contributed by atoms with van der Waals surface area (Å²) in [4.78, 5) is 33.7. The van der Waals surface area contributed by atoms with Gasteiger partial charge in [0, 0.05) is 33.2 Å². The fourth-order valence-electron chi connectivity index (χ4n) is 5.47. The predicted octanol–water partition coefficient (Wildman–Crippen LogP) is 1.70. The number of carbonyl (C=O) groups excluding carboxylic acids is 2. The number of nitrogens with one attached hydrogen (secondary N) is 2. The van der Waals surface area contributed by atoms with Crippen molar-refractivity contribution in [1.82, 2.24) is 20.4 Å². The van der Waals surface area contributed by atoms with Gasteiger partial charge < -0.3 is 15.5 Å². The van der Waals surface area contributed by atoms with Crippen LogP contribution in [0.2, 0.25) is 0 Å². The molecule has 2 bridgehead atoms. The van der Waals surface area contributed by atoms with Gasteiger partial charge in [-0.15, -0.1) is 24.0 Å². The van der Waals surface area contributed by atoms with E-state index in [1.54, 1.807) is 7.05 Å². The van der Waals surface area contributed by atoms with E-state index in [1.807, 2.05) is 0 Å². The van der Waals surface area contributed by atoms with Crippen molar-refractivity contribution < 1.29 is 9.59 Å². The molecule has 4 aliphatic rings. The first-order valence-corrected chi connectivity index (χ1v) is 11.3. The average molecular weight is 529 g/mol. The lowest BCUT2D eigenvalue weighted by Gasteiger charge is -2.30. The van der Waals surface area contributed by atoms with Crippen LogP contribution in [0.1, 0.15) is 32.6 Å². The van der Waals surface area contributed by atoms with E-state index in [0.717, 1.165) is 37.8 Å². The quantitative estimate of drug-likeness (QED) is 0.131. The minimum atomic E-state index is -0.0855. The zero-order valence-electron chi connectivity index (χ0n) is 18.2. The van der Waals surface area contributed by atoms with Gasteiger partial charge in [0.2, 0.25) is 11.8 Å². The Labute approximate surface area is 197 Å². The van der Waals surface area contributed by atoms with Crippen LogP contribution in [0.5, 0.6) is 0 Å². The zero-order chi connectivity index (χ0) is 20.4. The van der Waals surface area contributed by atoms with E-state index >= 15 is 0 Å². The number of halogens is 1. The van der Waals surface area contributed by atoms with Crippen LogP contribution >= 0.6 is 24.0 Å². The SMILES string of the molecule is CN=C(NCCCN1C(=O)C2C3C=CC(C3)C2C1=O)NCCN1CCC(C)CC1.I.